The molecule has 12 heteroatoms. The van der Waals surface area contributed by atoms with Crippen LogP contribution in [-0.2, 0) is 38.7 Å². The van der Waals surface area contributed by atoms with Crippen LogP contribution in [0.3, 0.4) is 0 Å². The largest absolute Gasteiger partial charge is 0.481 e. The molecule has 0 spiro atoms. The number of hydrogen-bond donors (Lipinski definition) is 6. The van der Waals surface area contributed by atoms with E-state index in [0.29, 0.717) is 13.1 Å². The first-order valence-corrected chi connectivity index (χ1v) is 5.03. The number of aliphatic carboxylic acids is 4. The second kappa shape index (κ2) is 42.8. The van der Waals surface area contributed by atoms with Gasteiger partial charge in [0.25, 0.3) is 23.9 Å². The van der Waals surface area contributed by atoms with Gasteiger partial charge in [-0.15, -0.1) is 0 Å². The minimum Gasteiger partial charge on any atom is -0.481 e. The van der Waals surface area contributed by atoms with Gasteiger partial charge in [-0.3, -0.25) is 19.2 Å². The molecule has 0 aromatic carbocycles. The van der Waals surface area contributed by atoms with Gasteiger partial charge in [-0.1, -0.05) is 0 Å². The van der Waals surface area contributed by atoms with Gasteiger partial charge in [0.05, 0.1) is 0 Å². The SMILES string of the molecule is CC(=O)O.CC(=O)O.CC(=O)O.CC(=O)O.NCCN.[Na].[Zn]. The quantitative estimate of drug-likeness (QED) is 0.299. The molecule has 0 aromatic heterocycles. The molecule has 0 aliphatic rings. The Morgan fingerprint density at radius 3 is 0.682 bits per heavy atom. The Morgan fingerprint density at radius 1 is 0.636 bits per heavy atom. The molecule has 0 fully saturated rings. The van der Waals surface area contributed by atoms with Crippen molar-refractivity contribution in [2.45, 2.75) is 27.7 Å². The summed E-state index contributed by atoms with van der Waals surface area (Å²) in [7, 11) is 0. The summed E-state index contributed by atoms with van der Waals surface area (Å²) in [6, 6.07) is 0. The van der Waals surface area contributed by atoms with E-state index in [-0.39, 0.29) is 49.0 Å². The van der Waals surface area contributed by atoms with Crippen LogP contribution in [0.25, 0.3) is 0 Å². The van der Waals surface area contributed by atoms with Gasteiger partial charge in [0, 0.05) is 89.8 Å². The Hall–Kier alpha value is -0.577. The van der Waals surface area contributed by atoms with Gasteiger partial charge in [-0.05, 0) is 0 Å². The van der Waals surface area contributed by atoms with Gasteiger partial charge in [0.15, 0.2) is 0 Å². The third kappa shape index (κ3) is 36800. The second-order valence-electron chi connectivity index (χ2n) is 2.65. The van der Waals surface area contributed by atoms with Crippen LogP contribution in [0.2, 0.25) is 0 Å². The zero-order valence-electron chi connectivity index (χ0n) is 13.7. The van der Waals surface area contributed by atoms with E-state index in [1.54, 1.807) is 0 Å². The molecule has 0 unspecified atom stereocenters. The molecular weight excluding hydrogens is 364 g/mol. The summed E-state index contributed by atoms with van der Waals surface area (Å²) >= 11 is 0. The zero-order chi connectivity index (χ0) is 17.7. The van der Waals surface area contributed by atoms with Crippen LogP contribution >= 0.6 is 0 Å². The first-order valence-electron chi connectivity index (χ1n) is 5.03. The third-order valence-corrected chi connectivity index (χ3v) is 0.167. The van der Waals surface area contributed by atoms with Gasteiger partial charge >= 0.3 is 0 Å². The molecule has 0 bridgehead atoms. The van der Waals surface area contributed by atoms with Crippen LogP contribution in [0.1, 0.15) is 27.7 Å². The van der Waals surface area contributed by atoms with Crippen molar-refractivity contribution in [3.8, 4) is 0 Å². The van der Waals surface area contributed by atoms with Gasteiger partial charge in [-0.2, -0.15) is 0 Å². The fourth-order valence-corrected chi connectivity index (χ4v) is 0. The minimum absolute atomic E-state index is 0. The van der Waals surface area contributed by atoms with Crippen molar-refractivity contribution in [2.75, 3.05) is 13.1 Å². The first kappa shape index (κ1) is 43.0. The second-order valence-corrected chi connectivity index (χ2v) is 2.65. The van der Waals surface area contributed by atoms with Gasteiger partial charge in [-0.25, -0.2) is 0 Å². The fraction of sp³-hybridized carbons (Fsp3) is 0.600. The normalized spacial score (nSPS) is 5.91. The molecule has 0 amide bonds. The molecule has 0 saturated carbocycles. The Morgan fingerprint density at radius 2 is 0.682 bits per heavy atom. The Bertz CT molecular complexity index is 201. The van der Waals surface area contributed by atoms with Crippen LogP contribution in [0.5, 0.6) is 0 Å². The third-order valence-electron chi connectivity index (χ3n) is 0.167. The predicted molar refractivity (Wildman–Crippen MR) is 77.1 cm³/mol. The van der Waals surface area contributed by atoms with Crippen molar-refractivity contribution in [3.05, 3.63) is 0 Å². The summed E-state index contributed by atoms with van der Waals surface area (Å²) in [5, 5.41) is 29.7. The number of carbonyl (C=O) groups is 4. The number of nitrogens with two attached hydrogens (primary N) is 2. The van der Waals surface area contributed by atoms with Crippen molar-refractivity contribution < 1.29 is 59.1 Å². The molecule has 0 aromatic rings. The molecule has 22 heavy (non-hydrogen) atoms. The van der Waals surface area contributed by atoms with E-state index in [4.69, 9.17) is 51.1 Å². The molecule has 125 valence electrons. The van der Waals surface area contributed by atoms with E-state index in [1.165, 1.54) is 0 Å². The van der Waals surface area contributed by atoms with Crippen LogP contribution in [-0.4, -0.2) is 87.0 Å². The van der Waals surface area contributed by atoms with Gasteiger partial charge in [0.2, 0.25) is 0 Å². The van der Waals surface area contributed by atoms with E-state index >= 15 is 0 Å². The van der Waals surface area contributed by atoms with Crippen LogP contribution in [0.4, 0.5) is 0 Å². The van der Waals surface area contributed by atoms with Gasteiger partial charge in [0.1, 0.15) is 0 Å². The van der Waals surface area contributed by atoms with E-state index in [9.17, 15) is 0 Å². The zero-order valence-corrected chi connectivity index (χ0v) is 18.7. The average molecular weight is 389 g/mol. The van der Waals surface area contributed by atoms with Crippen molar-refractivity contribution in [3.63, 3.8) is 0 Å². The van der Waals surface area contributed by atoms with Crippen molar-refractivity contribution in [1.29, 1.82) is 0 Å². The average Bonchev–Trinajstić information content (AvgIpc) is 2.13. The maximum Gasteiger partial charge on any atom is 0.300 e. The summed E-state index contributed by atoms with van der Waals surface area (Å²) in [6.07, 6.45) is 0. The van der Waals surface area contributed by atoms with Crippen LogP contribution in [0.15, 0.2) is 0 Å². The summed E-state index contributed by atoms with van der Waals surface area (Å²) in [4.78, 5) is 36.0. The molecule has 1 radical (unpaired) electrons. The number of carboxylic acids is 4. The molecule has 10 nitrogen and oxygen atoms in total. The van der Waals surface area contributed by atoms with E-state index < -0.39 is 23.9 Å². The smallest absolute Gasteiger partial charge is 0.300 e. The summed E-state index contributed by atoms with van der Waals surface area (Å²) in [5.41, 5.74) is 9.81. The standard InChI is InChI=1S/C2H8N2.4C2H4O2.Na.Zn/c3-1-2-4;4*1-2(3)4;;/h1-4H2;4*1H3,(H,3,4);;. The fourth-order valence-electron chi connectivity index (χ4n) is 0. The van der Waals surface area contributed by atoms with Crippen LogP contribution in [0, 0.1) is 0 Å². The summed E-state index contributed by atoms with van der Waals surface area (Å²) in [5.74, 6) is -3.33. The van der Waals surface area contributed by atoms with Gasteiger partial charge < -0.3 is 31.9 Å². The Kier molecular flexibility index (Phi) is 83.5. The number of carboxylic acid groups (broad SMARTS) is 4. The Labute approximate surface area is 164 Å². The summed E-state index contributed by atoms with van der Waals surface area (Å²) < 4.78 is 0. The Balaban J connectivity index is -0.0000000250. The van der Waals surface area contributed by atoms with Crippen molar-refractivity contribution in [2.24, 2.45) is 11.5 Å². The molecule has 8 N–H and O–H groups in total. The summed E-state index contributed by atoms with van der Waals surface area (Å²) in [6.45, 7) is 5.53. The molecule has 0 rings (SSSR count). The first-order chi connectivity index (χ1) is 8.84. The molecule has 0 saturated heterocycles. The maximum absolute atomic E-state index is 9.00. The predicted octanol–water partition coefficient (Wildman–Crippen LogP) is -1.12. The minimum atomic E-state index is -0.833. The topological polar surface area (TPSA) is 201 Å². The molecule has 0 aliphatic heterocycles. The molecule has 0 heterocycles. The monoisotopic (exact) mass is 387 g/mol. The number of rotatable bonds is 1. The molecule has 0 aliphatic carbocycles. The van der Waals surface area contributed by atoms with Crippen molar-refractivity contribution >= 4 is 53.4 Å². The van der Waals surface area contributed by atoms with Crippen LogP contribution < -0.4 is 11.5 Å². The van der Waals surface area contributed by atoms with E-state index in [0.717, 1.165) is 27.7 Å². The van der Waals surface area contributed by atoms with E-state index in [1.807, 2.05) is 0 Å². The van der Waals surface area contributed by atoms with Crippen molar-refractivity contribution in [1.82, 2.24) is 0 Å². The molecular formula is C10H24N2NaO8Zn. The van der Waals surface area contributed by atoms with E-state index in [2.05, 4.69) is 0 Å². The molecule has 0 atom stereocenters. The number of hydrogen-bond acceptors (Lipinski definition) is 6. The maximum atomic E-state index is 9.00.